The summed E-state index contributed by atoms with van der Waals surface area (Å²) in [5.74, 6) is 1.05. The average molecular weight is 372 g/mol. The van der Waals surface area contributed by atoms with E-state index in [1.54, 1.807) is 18.4 Å². The number of carbonyl (C=O) groups is 1. The summed E-state index contributed by atoms with van der Waals surface area (Å²) in [7, 11) is 1.66. The molecule has 3 heterocycles. The Labute approximate surface area is 157 Å². The molecule has 1 aromatic heterocycles. The van der Waals surface area contributed by atoms with Gasteiger partial charge in [-0.2, -0.15) is 0 Å². The lowest BCUT2D eigenvalue weighted by Crippen LogP contribution is -2.31. The number of benzene rings is 1. The second-order valence-corrected chi connectivity index (χ2v) is 8.18. The molecule has 0 aliphatic carbocycles. The Bertz CT molecular complexity index is 783. The van der Waals surface area contributed by atoms with Crippen molar-refractivity contribution in [3.63, 3.8) is 0 Å². The smallest absolute Gasteiger partial charge is 0.223 e. The SMILES string of the molecule is COc1cccc(-c2ncc(CN3CC[C@@]4(CCCO4)CCC3=O)s2)c1. The lowest BCUT2D eigenvalue weighted by Gasteiger charge is -2.26. The summed E-state index contributed by atoms with van der Waals surface area (Å²) < 4.78 is 11.3. The van der Waals surface area contributed by atoms with Crippen molar-refractivity contribution in [2.24, 2.45) is 0 Å². The molecule has 1 atom stereocenters. The zero-order valence-corrected chi connectivity index (χ0v) is 15.9. The van der Waals surface area contributed by atoms with E-state index >= 15 is 0 Å². The Morgan fingerprint density at radius 2 is 2.27 bits per heavy atom. The quantitative estimate of drug-likeness (QED) is 0.817. The van der Waals surface area contributed by atoms with E-state index in [1.807, 2.05) is 35.4 Å². The molecule has 0 unspecified atom stereocenters. The van der Waals surface area contributed by atoms with E-state index in [9.17, 15) is 4.79 Å². The minimum absolute atomic E-state index is 0.0517. The summed E-state index contributed by atoms with van der Waals surface area (Å²) in [6.45, 7) is 2.24. The van der Waals surface area contributed by atoms with Gasteiger partial charge in [-0.05, 0) is 37.8 Å². The van der Waals surface area contributed by atoms with E-state index in [0.29, 0.717) is 13.0 Å². The number of thiazole rings is 1. The summed E-state index contributed by atoms with van der Waals surface area (Å²) in [6.07, 6.45) is 6.49. The van der Waals surface area contributed by atoms with Gasteiger partial charge in [0.15, 0.2) is 0 Å². The van der Waals surface area contributed by atoms with Gasteiger partial charge in [0.2, 0.25) is 5.91 Å². The zero-order chi connectivity index (χ0) is 18.0. The van der Waals surface area contributed by atoms with Crippen molar-refractivity contribution in [2.45, 2.75) is 44.2 Å². The van der Waals surface area contributed by atoms with Crippen LogP contribution in [-0.4, -0.2) is 41.7 Å². The molecule has 2 aliphatic rings. The van der Waals surface area contributed by atoms with Crippen molar-refractivity contribution >= 4 is 17.2 Å². The van der Waals surface area contributed by atoms with Gasteiger partial charge in [0.1, 0.15) is 10.8 Å². The van der Waals surface area contributed by atoms with E-state index in [2.05, 4.69) is 4.98 Å². The fraction of sp³-hybridized carbons (Fsp3) is 0.500. The normalized spacial score (nSPS) is 23.4. The zero-order valence-electron chi connectivity index (χ0n) is 15.1. The monoisotopic (exact) mass is 372 g/mol. The topological polar surface area (TPSA) is 51.7 Å². The van der Waals surface area contributed by atoms with Crippen molar-refractivity contribution in [1.82, 2.24) is 9.88 Å². The van der Waals surface area contributed by atoms with Gasteiger partial charge < -0.3 is 14.4 Å². The first-order valence-electron chi connectivity index (χ1n) is 9.18. The number of aromatic nitrogens is 1. The molecule has 2 fully saturated rings. The molecule has 1 aromatic carbocycles. The number of ether oxygens (including phenoxy) is 2. The number of amides is 1. The number of likely N-dealkylation sites (tertiary alicyclic amines) is 1. The van der Waals surface area contributed by atoms with Crippen molar-refractivity contribution in [1.29, 1.82) is 0 Å². The summed E-state index contributed by atoms with van der Waals surface area (Å²) in [5.41, 5.74) is 0.991. The van der Waals surface area contributed by atoms with Gasteiger partial charge in [-0.1, -0.05) is 12.1 Å². The van der Waals surface area contributed by atoms with Crippen LogP contribution in [0.15, 0.2) is 30.5 Å². The molecule has 0 radical (unpaired) electrons. The lowest BCUT2D eigenvalue weighted by atomic mass is 9.92. The van der Waals surface area contributed by atoms with E-state index in [-0.39, 0.29) is 11.5 Å². The fourth-order valence-corrected chi connectivity index (χ4v) is 4.78. The Balaban J connectivity index is 1.45. The average Bonchev–Trinajstić information content (AvgIpc) is 3.30. The maximum absolute atomic E-state index is 12.6. The molecular formula is C20H24N2O3S. The molecule has 0 bridgehead atoms. The highest BCUT2D eigenvalue weighted by Crippen LogP contribution is 2.36. The number of methoxy groups -OCH3 is 1. The predicted molar refractivity (Wildman–Crippen MR) is 101 cm³/mol. The van der Waals surface area contributed by atoms with Crippen LogP contribution in [0.2, 0.25) is 0 Å². The molecule has 6 heteroatoms. The molecule has 0 saturated carbocycles. The first-order chi connectivity index (χ1) is 12.7. The molecule has 1 amide bonds. The summed E-state index contributed by atoms with van der Waals surface area (Å²) in [4.78, 5) is 20.2. The van der Waals surface area contributed by atoms with E-state index in [4.69, 9.17) is 9.47 Å². The minimum atomic E-state index is -0.0517. The Morgan fingerprint density at radius 3 is 3.08 bits per heavy atom. The van der Waals surface area contributed by atoms with Crippen molar-refractivity contribution in [3.8, 4) is 16.3 Å². The highest BCUT2D eigenvalue weighted by molar-refractivity contribution is 7.15. The molecule has 138 valence electrons. The van der Waals surface area contributed by atoms with Crippen LogP contribution in [0.5, 0.6) is 5.75 Å². The second kappa shape index (κ2) is 7.37. The fourth-order valence-electron chi connectivity index (χ4n) is 3.86. The molecule has 2 aromatic rings. The van der Waals surface area contributed by atoms with Crippen molar-refractivity contribution in [3.05, 3.63) is 35.3 Å². The third-order valence-electron chi connectivity index (χ3n) is 5.39. The van der Waals surface area contributed by atoms with Crippen LogP contribution in [0.25, 0.3) is 10.6 Å². The van der Waals surface area contributed by atoms with Crippen LogP contribution < -0.4 is 4.74 Å². The first kappa shape index (κ1) is 17.5. The third kappa shape index (κ3) is 3.62. The van der Waals surface area contributed by atoms with Crippen LogP contribution in [0.3, 0.4) is 0 Å². The first-order valence-corrected chi connectivity index (χ1v) is 10.00. The maximum atomic E-state index is 12.6. The third-order valence-corrected chi connectivity index (χ3v) is 6.42. The van der Waals surface area contributed by atoms with Crippen molar-refractivity contribution < 1.29 is 14.3 Å². The molecule has 26 heavy (non-hydrogen) atoms. The van der Waals surface area contributed by atoms with Gasteiger partial charge in [0.25, 0.3) is 0 Å². The molecule has 1 spiro atoms. The van der Waals surface area contributed by atoms with Crippen LogP contribution in [-0.2, 0) is 16.1 Å². The molecule has 4 rings (SSSR count). The van der Waals surface area contributed by atoms with Crippen LogP contribution >= 0.6 is 11.3 Å². The van der Waals surface area contributed by atoms with E-state index in [0.717, 1.165) is 60.0 Å². The Kier molecular flexibility index (Phi) is 4.96. The second-order valence-electron chi connectivity index (χ2n) is 7.06. The Hall–Kier alpha value is -1.92. The van der Waals surface area contributed by atoms with Gasteiger partial charge in [-0.3, -0.25) is 4.79 Å². The lowest BCUT2D eigenvalue weighted by molar-refractivity contribution is -0.131. The summed E-state index contributed by atoms with van der Waals surface area (Å²) in [6, 6.07) is 7.91. The van der Waals surface area contributed by atoms with Crippen molar-refractivity contribution in [2.75, 3.05) is 20.3 Å². The highest BCUT2D eigenvalue weighted by Gasteiger charge is 2.38. The van der Waals surface area contributed by atoms with Crippen LogP contribution in [0.4, 0.5) is 0 Å². The number of carbonyl (C=O) groups excluding carboxylic acids is 1. The van der Waals surface area contributed by atoms with Gasteiger partial charge in [-0.25, -0.2) is 4.98 Å². The molecule has 5 nitrogen and oxygen atoms in total. The summed E-state index contributed by atoms with van der Waals surface area (Å²) >= 11 is 1.64. The highest BCUT2D eigenvalue weighted by atomic mass is 32.1. The molecular weight excluding hydrogens is 348 g/mol. The van der Waals surface area contributed by atoms with E-state index < -0.39 is 0 Å². The molecule has 2 saturated heterocycles. The van der Waals surface area contributed by atoms with Crippen LogP contribution in [0.1, 0.15) is 37.0 Å². The number of rotatable bonds is 4. The van der Waals surface area contributed by atoms with Gasteiger partial charge in [0.05, 0.1) is 19.3 Å². The summed E-state index contributed by atoms with van der Waals surface area (Å²) in [5, 5.41) is 0.955. The predicted octanol–water partition coefficient (Wildman–Crippen LogP) is 3.88. The number of hydrogen-bond donors (Lipinski definition) is 0. The molecule has 2 aliphatic heterocycles. The largest absolute Gasteiger partial charge is 0.497 e. The number of hydrogen-bond acceptors (Lipinski definition) is 5. The Morgan fingerprint density at radius 1 is 1.35 bits per heavy atom. The standard InChI is InChI=1S/C20H24N2O3S/c1-24-16-5-2-4-15(12-16)19-21-13-17(26-19)14-22-10-9-20(7-3-11-25-20)8-6-18(22)23/h2,4-5,12-13H,3,6-11,14H2,1H3/t20-/m1/s1. The van der Waals surface area contributed by atoms with Crippen LogP contribution in [0, 0.1) is 0 Å². The number of nitrogens with zero attached hydrogens (tertiary/aromatic N) is 2. The maximum Gasteiger partial charge on any atom is 0.223 e. The van der Waals surface area contributed by atoms with Gasteiger partial charge in [-0.15, -0.1) is 11.3 Å². The van der Waals surface area contributed by atoms with E-state index in [1.165, 1.54) is 0 Å². The van der Waals surface area contributed by atoms with Gasteiger partial charge in [0, 0.05) is 36.2 Å². The minimum Gasteiger partial charge on any atom is -0.497 e. The molecule has 0 N–H and O–H groups in total. The van der Waals surface area contributed by atoms with Gasteiger partial charge >= 0.3 is 0 Å².